The monoisotopic (exact) mass is 298 g/mol. The van der Waals surface area contributed by atoms with E-state index >= 15 is 0 Å². The maximum absolute atomic E-state index is 11.9. The molecule has 0 N–H and O–H groups in total. The number of carbonyl (C=O) groups excluding carboxylic acids is 3. The first-order valence-electron chi connectivity index (χ1n) is 6.39. The predicted molar refractivity (Wildman–Crippen MR) is 76.3 cm³/mol. The molecule has 21 heavy (non-hydrogen) atoms. The first-order valence-corrected chi connectivity index (χ1v) is 6.39. The fourth-order valence-corrected chi connectivity index (χ4v) is 1.40. The van der Waals surface area contributed by atoms with E-state index in [1.54, 1.807) is 20.8 Å². The van der Waals surface area contributed by atoms with Crippen molar-refractivity contribution in [3.8, 4) is 0 Å². The minimum absolute atomic E-state index is 0.0484. The van der Waals surface area contributed by atoms with Crippen molar-refractivity contribution < 1.29 is 28.6 Å². The highest BCUT2D eigenvalue weighted by atomic mass is 16.6. The van der Waals surface area contributed by atoms with Crippen LogP contribution >= 0.6 is 0 Å². The lowest BCUT2D eigenvalue weighted by molar-refractivity contribution is -0.155. The van der Waals surface area contributed by atoms with E-state index in [-0.39, 0.29) is 18.8 Å². The second-order valence-electron chi connectivity index (χ2n) is 5.09. The molecule has 0 saturated heterocycles. The first-order chi connectivity index (χ1) is 9.61. The molecule has 0 amide bonds. The number of methoxy groups -OCH3 is 1. The second-order valence-corrected chi connectivity index (χ2v) is 5.09. The minimum Gasteiger partial charge on any atom is -0.466 e. The highest BCUT2D eigenvalue weighted by Gasteiger charge is 2.28. The van der Waals surface area contributed by atoms with Gasteiger partial charge in [-0.3, -0.25) is 4.79 Å². The minimum atomic E-state index is -0.989. The third-order valence-electron chi connectivity index (χ3n) is 2.51. The molecule has 0 unspecified atom stereocenters. The van der Waals surface area contributed by atoms with Crippen LogP contribution in [0.4, 0.5) is 0 Å². The average molecular weight is 298 g/mol. The molecule has 118 valence electrons. The largest absolute Gasteiger partial charge is 0.466 e. The molecule has 0 aliphatic heterocycles. The fraction of sp³-hybridized carbons (Fsp3) is 0.533. The molecule has 0 rings (SSSR count). The molecule has 0 fully saturated rings. The lowest BCUT2D eigenvalue weighted by Crippen LogP contribution is -2.27. The zero-order valence-electron chi connectivity index (χ0n) is 13.1. The summed E-state index contributed by atoms with van der Waals surface area (Å²) in [5.74, 6) is -1.57. The van der Waals surface area contributed by atoms with E-state index in [1.807, 2.05) is 0 Å². The molecule has 0 bridgehead atoms. The Balaban J connectivity index is 4.41. The van der Waals surface area contributed by atoms with Crippen LogP contribution in [0.15, 0.2) is 23.8 Å². The first kappa shape index (κ1) is 18.9. The zero-order chi connectivity index (χ0) is 16.6. The Morgan fingerprint density at radius 3 is 2.05 bits per heavy atom. The van der Waals surface area contributed by atoms with Crippen LogP contribution in [0.2, 0.25) is 0 Å². The average Bonchev–Trinajstić information content (AvgIpc) is 2.41. The third kappa shape index (κ3) is 6.74. The molecule has 0 aromatic rings. The van der Waals surface area contributed by atoms with Crippen LogP contribution in [0.5, 0.6) is 0 Å². The normalized spacial score (nSPS) is 11.6. The van der Waals surface area contributed by atoms with Gasteiger partial charge < -0.3 is 14.2 Å². The molecule has 0 saturated carbocycles. The van der Waals surface area contributed by atoms with Gasteiger partial charge in [0.15, 0.2) is 0 Å². The molecule has 0 aromatic carbocycles. The van der Waals surface area contributed by atoms with E-state index in [0.717, 1.165) is 0 Å². The summed E-state index contributed by atoms with van der Waals surface area (Å²) in [6.45, 7) is 9.62. The second kappa shape index (κ2) is 8.24. The van der Waals surface area contributed by atoms with E-state index in [9.17, 15) is 14.4 Å². The summed E-state index contributed by atoms with van der Waals surface area (Å²) in [6, 6.07) is 0. The van der Waals surface area contributed by atoms with Crippen molar-refractivity contribution >= 4 is 17.9 Å². The Hall–Kier alpha value is -2.11. The molecule has 6 nitrogen and oxygen atoms in total. The molecule has 0 atom stereocenters. The molecule has 0 radical (unpaired) electrons. The summed E-state index contributed by atoms with van der Waals surface area (Å²) < 4.78 is 14.4. The zero-order valence-corrected chi connectivity index (χ0v) is 13.1. The molecular weight excluding hydrogens is 276 g/mol. The van der Waals surface area contributed by atoms with Crippen molar-refractivity contribution in [1.29, 1.82) is 0 Å². The van der Waals surface area contributed by atoms with Crippen LogP contribution in [0, 0.1) is 5.41 Å². The number of esters is 3. The summed E-state index contributed by atoms with van der Waals surface area (Å²) in [6.07, 6.45) is 1.47. The van der Waals surface area contributed by atoms with Crippen LogP contribution in [0.25, 0.3) is 0 Å². The van der Waals surface area contributed by atoms with Gasteiger partial charge in [0, 0.05) is 11.1 Å². The summed E-state index contributed by atoms with van der Waals surface area (Å²) >= 11 is 0. The quantitative estimate of drug-likeness (QED) is 0.308. The maximum atomic E-state index is 11.9. The Morgan fingerprint density at radius 2 is 1.57 bits per heavy atom. The van der Waals surface area contributed by atoms with Gasteiger partial charge in [-0.25, -0.2) is 9.59 Å². The van der Waals surface area contributed by atoms with E-state index in [2.05, 4.69) is 11.3 Å². The van der Waals surface area contributed by atoms with Crippen molar-refractivity contribution in [2.45, 2.75) is 27.7 Å². The van der Waals surface area contributed by atoms with Gasteiger partial charge in [-0.2, -0.15) is 0 Å². The van der Waals surface area contributed by atoms with Gasteiger partial charge in [-0.15, -0.1) is 0 Å². The van der Waals surface area contributed by atoms with Crippen LogP contribution < -0.4 is 0 Å². The predicted octanol–water partition coefficient (Wildman–Crippen LogP) is 1.79. The molecule has 0 aliphatic carbocycles. The summed E-state index contributed by atoms with van der Waals surface area (Å²) in [5, 5.41) is 0. The van der Waals surface area contributed by atoms with E-state index in [0.29, 0.717) is 5.57 Å². The van der Waals surface area contributed by atoms with E-state index < -0.39 is 23.3 Å². The Kier molecular flexibility index (Phi) is 7.41. The molecule has 6 heteroatoms. The Labute approximate surface area is 124 Å². The van der Waals surface area contributed by atoms with Crippen LogP contribution in [0.1, 0.15) is 27.7 Å². The number of rotatable bonds is 7. The Bertz CT molecular complexity index is 459. The highest BCUT2D eigenvalue weighted by molar-refractivity contribution is 5.89. The summed E-state index contributed by atoms with van der Waals surface area (Å²) in [7, 11) is 1.26. The van der Waals surface area contributed by atoms with Gasteiger partial charge in [0.1, 0.15) is 13.2 Å². The van der Waals surface area contributed by atoms with Gasteiger partial charge in [0.05, 0.1) is 12.5 Å². The van der Waals surface area contributed by atoms with Crippen LogP contribution in [0.3, 0.4) is 0 Å². The summed E-state index contributed by atoms with van der Waals surface area (Å²) in [5.41, 5.74) is -0.400. The lowest BCUT2D eigenvalue weighted by atomic mass is 9.91. The molecule has 0 aliphatic rings. The number of carbonyl (C=O) groups is 3. The van der Waals surface area contributed by atoms with Gasteiger partial charge in [-0.1, -0.05) is 12.7 Å². The summed E-state index contributed by atoms with van der Waals surface area (Å²) in [4.78, 5) is 34.3. The van der Waals surface area contributed by atoms with Crippen LogP contribution in [-0.2, 0) is 28.6 Å². The van der Waals surface area contributed by atoms with Gasteiger partial charge in [-0.05, 0) is 27.7 Å². The van der Waals surface area contributed by atoms with E-state index in [1.165, 1.54) is 20.1 Å². The smallest absolute Gasteiger partial charge is 0.333 e. The Morgan fingerprint density at radius 1 is 1.05 bits per heavy atom. The number of ether oxygens (including phenoxy) is 3. The van der Waals surface area contributed by atoms with Crippen molar-refractivity contribution in [3.63, 3.8) is 0 Å². The van der Waals surface area contributed by atoms with Gasteiger partial charge >= 0.3 is 17.9 Å². The fourth-order valence-electron chi connectivity index (χ4n) is 1.40. The van der Waals surface area contributed by atoms with Gasteiger partial charge in [0.2, 0.25) is 0 Å². The van der Waals surface area contributed by atoms with E-state index in [4.69, 9.17) is 9.47 Å². The molecule has 0 spiro atoms. The SMILES string of the molecule is C=C(C)C(=O)OCCOC(=O)C(C)(C)/C=C(\C)C(=O)OC. The topological polar surface area (TPSA) is 78.9 Å². The van der Waals surface area contributed by atoms with Crippen molar-refractivity contribution in [2.24, 2.45) is 5.41 Å². The number of hydrogen-bond donors (Lipinski definition) is 0. The third-order valence-corrected chi connectivity index (χ3v) is 2.51. The van der Waals surface area contributed by atoms with Crippen molar-refractivity contribution in [3.05, 3.63) is 23.8 Å². The number of hydrogen-bond acceptors (Lipinski definition) is 6. The molecule has 0 heterocycles. The molecule has 0 aromatic heterocycles. The van der Waals surface area contributed by atoms with Gasteiger partial charge in [0.25, 0.3) is 0 Å². The molecular formula is C15H22O6. The van der Waals surface area contributed by atoms with Crippen molar-refractivity contribution in [2.75, 3.05) is 20.3 Å². The standard InChI is InChI=1S/C15H22O6/c1-10(2)12(16)20-7-8-21-14(18)15(4,5)9-11(3)13(17)19-6/h9H,1,7-8H2,2-6H3/b11-9+. The van der Waals surface area contributed by atoms with Crippen LogP contribution in [-0.4, -0.2) is 38.2 Å². The van der Waals surface area contributed by atoms with Crippen molar-refractivity contribution in [1.82, 2.24) is 0 Å². The lowest BCUT2D eigenvalue weighted by Gasteiger charge is -2.19. The maximum Gasteiger partial charge on any atom is 0.333 e. The highest BCUT2D eigenvalue weighted by Crippen LogP contribution is 2.21.